The van der Waals surface area contributed by atoms with Gasteiger partial charge in [0, 0.05) is 32.4 Å². The molecule has 0 spiro atoms. The van der Waals surface area contributed by atoms with E-state index in [0.717, 1.165) is 24.2 Å². The molecule has 8 heteroatoms. The predicted molar refractivity (Wildman–Crippen MR) is 116 cm³/mol. The van der Waals surface area contributed by atoms with Crippen LogP contribution in [0.1, 0.15) is 38.2 Å². The monoisotopic (exact) mass is 439 g/mol. The maximum absolute atomic E-state index is 12.7. The van der Waals surface area contributed by atoms with E-state index < -0.39 is 11.9 Å². The van der Waals surface area contributed by atoms with Gasteiger partial charge in [0.1, 0.15) is 5.75 Å². The first-order chi connectivity index (χ1) is 14.4. The first-order valence-electron chi connectivity index (χ1n) is 10.5. The van der Waals surface area contributed by atoms with Crippen LogP contribution in [0.5, 0.6) is 5.75 Å². The first kappa shape index (κ1) is 23.3. The maximum Gasteiger partial charge on any atom is 0.282 e. The molecule has 2 saturated heterocycles. The molecule has 2 N–H and O–H groups in total. The van der Waals surface area contributed by atoms with Gasteiger partial charge < -0.3 is 29.3 Å². The Balaban J connectivity index is 1.76. The number of benzene rings is 1. The predicted octanol–water partition coefficient (Wildman–Crippen LogP) is 3.02. The summed E-state index contributed by atoms with van der Waals surface area (Å²) in [5, 5.41) is 19.9. The zero-order chi connectivity index (χ0) is 21.7. The van der Waals surface area contributed by atoms with Crippen LogP contribution in [0.2, 0.25) is 0 Å². The highest BCUT2D eigenvalue weighted by Crippen LogP contribution is 2.42. The number of carbonyl (C=O) groups is 1. The minimum atomic E-state index is -1.05. The van der Waals surface area contributed by atoms with Crippen molar-refractivity contribution in [3.63, 3.8) is 0 Å². The van der Waals surface area contributed by atoms with E-state index >= 15 is 0 Å². The first-order valence-corrected chi connectivity index (χ1v) is 11.5. The van der Waals surface area contributed by atoms with Gasteiger partial charge >= 0.3 is 0 Å². The standard InChI is InChI=1S/C22H33NO6S/c1-15(13-24)4-7-19-10-17(25)11-22(28-3,29-19)20-14-30-21(26)23(20)12-16-5-8-18(27-2)9-6-16/h5-6,8-9,15,17,19-20,24-25H,4,7,10-14H2,1-3H3/t15-,17-,19+,20+,22+/m0/s1. The molecule has 0 unspecified atom stereocenters. The molecule has 2 fully saturated rings. The maximum atomic E-state index is 12.7. The van der Waals surface area contributed by atoms with Crippen LogP contribution in [0.3, 0.4) is 0 Å². The summed E-state index contributed by atoms with van der Waals surface area (Å²) in [5.74, 6) is 0.454. The molecule has 5 atom stereocenters. The highest BCUT2D eigenvalue weighted by atomic mass is 32.2. The molecule has 7 nitrogen and oxygen atoms in total. The largest absolute Gasteiger partial charge is 0.497 e. The summed E-state index contributed by atoms with van der Waals surface area (Å²) in [6.45, 7) is 2.57. The van der Waals surface area contributed by atoms with Gasteiger partial charge in [-0.15, -0.1) is 0 Å². The number of nitrogens with zero attached hydrogens (tertiary/aromatic N) is 1. The molecule has 0 bridgehead atoms. The van der Waals surface area contributed by atoms with Crippen LogP contribution in [-0.4, -0.2) is 71.0 Å². The third-order valence-corrected chi connectivity index (χ3v) is 7.02. The summed E-state index contributed by atoms with van der Waals surface area (Å²) in [5.41, 5.74) is 0.993. The van der Waals surface area contributed by atoms with Gasteiger partial charge in [-0.3, -0.25) is 4.79 Å². The number of ether oxygens (including phenoxy) is 3. The van der Waals surface area contributed by atoms with Crippen molar-refractivity contribution in [1.82, 2.24) is 4.90 Å². The van der Waals surface area contributed by atoms with Crippen molar-refractivity contribution in [2.75, 3.05) is 26.6 Å². The Morgan fingerprint density at radius 2 is 2.07 bits per heavy atom. The molecule has 0 radical (unpaired) electrons. The van der Waals surface area contributed by atoms with E-state index in [0.29, 0.717) is 25.1 Å². The molecule has 0 aliphatic carbocycles. The van der Waals surface area contributed by atoms with E-state index in [1.165, 1.54) is 11.8 Å². The number of aliphatic hydroxyl groups excluding tert-OH is 2. The second kappa shape index (κ2) is 10.3. The van der Waals surface area contributed by atoms with E-state index in [9.17, 15) is 15.0 Å². The molecule has 0 aromatic heterocycles. The molecule has 2 heterocycles. The molecule has 3 rings (SSSR count). The fourth-order valence-electron chi connectivity index (χ4n) is 4.23. The number of hydrogen-bond acceptors (Lipinski definition) is 7. The minimum absolute atomic E-state index is 0.0126. The van der Waals surface area contributed by atoms with Gasteiger partial charge in [0.25, 0.3) is 5.24 Å². The lowest BCUT2D eigenvalue weighted by Crippen LogP contribution is -2.60. The minimum Gasteiger partial charge on any atom is -0.497 e. The van der Waals surface area contributed by atoms with Gasteiger partial charge in [-0.2, -0.15) is 0 Å². The average Bonchev–Trinajstić information content (AvgIpc) is 3.12. The number of rotatable bonds is 9. The molecule has 2 aliphatic heterocycles. The van der Waals surface area contributed by atoms with Gasteiger partial charge in [0.05, 0.1) is 25.4 Å². The quantitative estimate of drug-likeness (QED) is 0.611. The lowest BCUT2D eigenvalue weighted by molar-refractivity contribution is -0.305. The van der Waals surface area contributed by atoms with Crippen LogP contribution >= 0.6 is 11.8 Å². The van der Waals surface area contributed by atoms with E-state index in [4.69, 9.17) is 14.2 Å². The smallest absolute Gasteiger partial charge is 0.282 e. The SMILES string of the molecule is COc1ccc(CN2C(=O)SC[C@@H]2[C@@]2(OC)C[C@@H](O)C[C@@H](CC[C@H](C)CO)O2)cc1. The zero-order valence-corrected chi connectivity index (χ0v) is 18.8. The van der Waals surface area contributed by atoms with E-state index in [-0.39, 0.29) is 29.9 Å². The van der Waals surface area contributed by atoms with Crippen molar-refractivity contribution in [3.05, 3.63) is 29.8 Å². The van der Waals surface area contributed by atoms with Gasteiger partial charge in [-0.1, -0.05) is 30.8 Å². The topological polar surface area (TPSA) is 88.5 Å². The average molecular weight is 440 g/mol. The molecule has 0 saturated carbocycles. The normalized spacial score (nSPS) is 30.5. The fourth-order valence-corrected chi connectivity index (χ4v) is 5.32. The van der Waals surface area contributed by atoms with Crippen molar-refractivity contribution in [2.45, 2.75) is 63.2 Å². The molecule has 2 aliphatic rings. The van der Waals surface area contributed by atoms with Gasteiger partial charge in [0.15, 0.2) is 5.79 Å². The highest BCUT2D eigenvalue weighted by molar-refractivity contribution is 8.13. The van der Waals surface area contributed by atoms with Gasteiger partial charge in [0.2, 0.25) is 0 Å². The van der Waals surface area contributed by atoms with Crippen molar-refractivity contribution >= 4 is 17.0 Å². The summed E-state index contributed by atoms with van der Waals surface area (Å²) < 4.78 is 17.5. The summed E-state index contributed by atoms with van der Waals surface area (Å²) in [6, 6.07) is 7.35. The molecular formula is C22H33NO6S. The van der Waals surface area contributed by atoms with Crippen molar-refractivity contribution in [3.8, 4) is 5.75 Å². The highest BCUT2D eigenvalue weighted by Gasteiger charge is 2.53. The number of methoxy groups -OCH3 is 2. The third kappa shape index (κ3) is 5.29. The number of thioether (sulfide) groups is 1. The number of aliphatic hydroxyl groups is 2. The van der Waals surface area contributed by atoms with Crippen molar-refractivity contribution in [2.24, 2.45) is 5.92 Å². The second-order valence-corrected chi connectivity index (χ2v) is 9.25. The van der Waals surface area contributed by atoms with Crippen LogP contribution in [0, 0.1) is 5.92 Å². The Hall–Kier alpha value is -1.32. The Morgan fingerprint density at radius 3 is 2.70 bits per heavy atom. The van der Waals surface area contributed by atoms with Crippen LogP contribution in [0.4, 0.5) is 4.79 Å². The lowest BCUT2D eigenvalue weighted by Gasteiger charge is -2.47. The summed E-state index contributed by atoms with van der Waals surface area (Å²) in [7, 11) is 3.21. The number of amides is 1. The molecule has 1 amide bonds. The van der Waals surface area contributed by atoms with Crippen LogP contribution in [0.15, 0.2) is 24.3 Å². The lowest BCUT2D eigenvalue weighted by atomic mass is 9.90. The molecule has 30 heavy (non-hydrogen) atoms. The van der Waals surface area contributed by atoms with E-state index in [1.807, 2.05) is 31.2 Å². The summed E-state index contributed by atoms with van der Waals surface area (Å²) in [6.07, 6.45) is 1.67. The van der Waals surface area contributed by atoms with Gasteiger partial charge in [-0.25, -0.2) is 0 Å². The Kier molecular flexibility index (Phi) is 8.04. The van der Waals surface area contributed by atoms with Crippen LogP contribution < -0.4 is 4.74 Å². The number of carbonyl (C=O) groups excluding carboxylic acids is 1. The van der Waals surface area contributed by atoms with Crippen molar-refractivity contribution in [1.29, 1.82) is 0 Å². The van der Waals surface area contributed by atoms with E-state index in [2.05, 4.69) is 0 Å². The third-order valence-electron chi connectivity index (χ3n) is 6.05. The van der Waals surface area contributed by atoms with Crippen LogP contribution in [0.25, 0.3) is 0 Å². The second-order valence-electron chi connectivity index (χ2n) is 8.28. The fraction of sp³-hybridized carbons (Fsp3) is 0.682. The zero-order valence-electron chi connectivity index (χ0n) is 18.0. The molecule has 1 aromatic rings. The Labute approximate surface area is 182 Å². The molecular weight excluding hydrogens is 406 g/mol. The Bertz CT molecular complexity index is 701. The number of hydrogen-bond donors (Lipinski definition) is 2. The molecule has 1 aromatic carbocycles. The molecule has 168 valence electrons. The summed E-state index contributed by atoms with van der Waals surface area (Å²) >= 11 is 1.26. The van der Waals surface area contributed by atoms with Gasteiger partial charge in [-0.05, 0) is 42.9 Å². The summed E-state index contributed by atoms with van der Waals surface area (Å²) in [4.78, 5) is 14.5. The van der Waals surface area contributed by atoms with Crippen molar-refractivity contribution < 1.29 is 29.2 Å². The van der Waals surface area contributed by atoms with Crippen LogP contribution in [-0.2, 0) is 16.0 Å². The van der Waals surface area contributed by atoms with E-state index in [1.54, 1.807) is 19.1 Å². The Morgan fingerprint density at radius 1 is 1.33 bits per heavy atom.